The fourth-order valence-corrected chi connectivity index (χ4v) is 3.24. The normalized spacial score (nSPS) is 10.9. The Hall–Kier alpha value is -1.86. The first-order valence-corrected chi connectivity index (χ1v) is 7.96. The minimum Gasteiger partial charge on any atom is -0.497 e. The zero-order valence-electron chi connectivity index (χ0n) is 11.1. The number of pyridine rings is 1. The zero-order valence-corrected chi connectivity index (χ0v) is 12.7. The number of benzene rings is 1. The molecule has 0 fully saturated rings. The third kappa shape index (κ3) is 3.58. The van der Waals surface area contributed by atoms with Crippen molar-refractivity contribution in [1.29, 1.82) is 0 Å². The van der Waals surface area contributed by atoms with E-state index >= 15 is 0 Å². The average molecular weight is 310 g/mol. The van der Waals surface area contributed by atoms with Crippen molar-refractivity contribution in [3.05, 3.63) is 53.3 Å². The van der Waals surface area contributed by atoms with Gasteiger partial charge in [-0.1, -0.05) is 3.77 Å². The van der Waals surface area contributed by atoms with E-state index in [1.54, 1.807) is 24.3 Å². The van der Waals surface area contributed by atoms with Gasteiger partial charge in [0, 0.05) is 24.0 Å². The van der Waals surface area contributed by atoms with Crippen LogP contribution in [0, 0.1) is 4.51 Å². The third-order valence-electron chi connectivity index (χ3n) is 2.55. The highest BCUT2D eigenvalue weighted by Gasteiger charge is 2.11. The number of sulfonamides is 1. The lowest BCUT2D eigenvalue weighted by Gasteiger charge is -2.00. The molecule has 1 aromatic heterocycles. The van der Waals surface area contributed by atoms with E-state index in [1.807, 2.05) is 24.0 Å². The lowest BCUT2D eigenvalue weighted by molar-refractivity contribution is 0.414. The van der Waals surface area contributed by atoms with Gasteiger partial charge >= 0.3 is 0 Å². The maximum Gasteiger partial charge on any atom is 0.292 e. The topological polar surface area (TPSA) is 60.7 Å². The second-order valence-electron chi connectivity index (χ2n) is 4.02. The lowest BCUT2D eigenvalue weighted by atomic mass is 10.3. The van der Waals surface area contributed by atoms with Crippen molar-refractivity contribution in [3.63, 3.8) is 0 Å². The van der Waals surface area contributed by atoms with Crippen molar-refractivity contribution in [3.8, 4) is 5.75 Å². The summed E-state index contributed by atoms with van der Waals surface area (Å²) in [7, 11) is -0.252. The van der Waals surface area contributed by atoms with Gasteiger partial charge in [0.2, 0.25) is 0 Å². The first-order valence-electron chi connectivity index (χ1n) is 5.75. The number of hydrogen-bond acceptors (Lipinski definition) is 3. The highest BCUT2D eigenvalue weighted by atomic mass is 32.2. The molecular weight excluding hydrogens is 296 g/mol. The molecule has 1 heterocycles. The van der Waals surface area contributed by atoms with Crippen molar-refractivity contribution in [2.24, 2.45) is 10.8 Å². The van der Waals surface area contributed by atoms with E-state index in [4.69, 9.17) is 4.74 Å². The van der Waals surface area contributed by atoms with Gasteiger partial charge in [-0.3, -0.25) is 0 Å². The Morgan fingerprint density at radius 2 is 1.70 bits per heavy atom. The molecule has 0 spiro atoms. The SMILES string of the molecule is COc1ccc(S(=O)(=O)N=S=c2ccn(C)cc2)cc1. The summed E-state index contributed by atoms with van der Waals surface area (Å²) < 4.78 is 35.4. The van der Waals surface area contributed by atoms with Gasteiger partial charge in [-0.2, -0.15) is 8.42 Å². The van der Waals surface area contributed by atoms with E-state index in [1.165, 1.54) is 19.2 Å². The summed E-state index contributed by atoms with van der Waals surface area (Å²) in [5, 5.41) is 0. The summed E-state index contributed by atoms with van der Waals surface area (Å²) in [5.41, 5.74) is 0. The van der Waals surface area contributed by atoms with Gasteiger partial charge in [-0.25, -0.2) is 0 Å². The van der Waals surface area contributed by atoms with Crippen LogP contribution in [-0.4, -0.2) is 20.1 Å². The first kappa shape index (κ1) is 14.5. The molecule has 2 rings (SSSR count). The Balaban J connectivity index is 2.40. The quantitative estimate of drug-likeness (QED) is 0.817. The van der Waals surface area contributed by atoms with Crippen molar-refractivity contribution < 1.29 is 13.2 Å². The maximum atomic E-state index is 12.0. The molecule has 0 N–H and O–H groups in total. The van der Waals surface area contributed by atoms with Crippen LogP contribution in [0.25, 0.3) is 0 Å². The highest BCUT2D eigenvalue weighted by molar-refractivity contribution is 7.93. The summed E-state index contributed by atoms with van der Waals surface area (Å²) in [5.74, 6) is 0.604. The van der Waals surface area contributed by atoms with Gasteiger partial charge < -0.3 is 9.30 Å². The zero-order chi connectivity index (χ0) is 14.6. The van der Waals surface area contributed by atoms with E-state index in [-0.39, 0.29) is 4.90 Å². The van der Waals surface area contributed by atoms with Gasteiger partial charge in [-0.05, 0) is 47.5 Å². The molecule has 0 atom stereocenters. The summed E-state index contributed by atoms with van der Waals surface area (Å²) >= 11 is 0.933. The molecule has 0 radical (unpaired) electrons. The molecule has 5 nitrogen and oxygen atoms in total. The highest BCUT2D eigenvalue weighted by Crippen LogP contribution is 2.17. The van der Waals surface area contributed by atoms with Crippen molar-refractivity contribution in [2.45, 2.75) is 4.90 Å². The molecule has 0 bridgehead atoms. The molecule has 0 unspecified atom stereocenters. The number of aryl methyl sites for hydroxylation is 1. The van der Waals surface area contributed by atoms with Gasteiger partial charge in [-0.15, -0.1) is 0 Å². The fraction of sp³-hybridized carbons (Fsp3) is 0.154. The standard InChI is InChI=1S/C13H14N2O3S2/c1-15-9-7-12(8-10-15)19-14-20(16,17)13-5-3-11(18-2)4-6-13/h3-10H,1-2H3. The Bertz CT molecular complexity index is 782. The summed E-state index contributed by atoms with van der Waals surface area (Å²) in [4.78, 5) is 0.146. The number of hydrogen-bond donors (Lipinski definition) is 0. The molecule has 0 saturated carbocycles. The Morgan fingerprint density at radius 3 is 2.25 bits per heavy atom. The molecule has 20 heavy (non-hydrogen) atoms. The van der Waals surface area contributed by atoms with Gasteiger partial charge in [0.1, 0.15) is 5.75 Å². The molecule has 0 aliphatic heterocycles. The van der Waals surface area contributed by atoms with Crippen molar-refractivity contribution >= 4 is 21.2 Å². The number of rotatable bonds is 3. The number of methoxy groups -OCH3 is 1. The van der Waals surface area contributed by atoms with E-state index in [2.05, 4.69) is 3.77 Å². The third-order valence-corrected chi connectivity index (χ3v) is 4.98. The van der Waals surface area contributed by atoms with Crippen LogP contribution >= 0.6 is 0 Å². The number of aromatic nitrogens is 1. The summed E-state index contributed by atoms with van der Waals surface area (Å²) in [6, 6.07) is 9.74. The van der Waals surface area contributed by atoms with E-state index in [0.717, 1.165) is 15.7 Å². The summed E-state index contributed by atoms with van der Waals surface area (Å²) in [6.07, 6.45) is 3.66. The molecule has 7 heteroatoms. The van der Waals surface area contributed by atoms with Gasteiger partial charge in [0.05, 0.1) is 12.0 Å². The van der Waals surface area contributed by atoms with E-state index in [0.29, 0.717) is 5.75 Å². The predicted molar refractivity (Wildman–Crippen MR) is 78.6 cm³/mol. The molecule has 0 saturated heterocycles. The van der Waals surface area contributed by atoms with Gasteiger partial charge in [0.15, 0.2) is 0 Å². The smallest absolute Gasteiger partial charge is 0.292 e. The fourth-order valence-electron chi connectivity index (χ4n) is 1.43. The monoisotopic (exact) mass is 310 g/mol. The molecule has 2 aromatic rings. The largest absolute Gasteiger partial charge is 0.497 e. The van der Waals surface area contributed by atoms with Crippen LogP contribution < -0.4 is 4.74 Å². The van der Waals surface area contributed by atoms with Crippen LogP contribution in [0.5, 0.6) is 5.75 Å². The Kier molecular flexibility index (Phi) is 4.41. The number of ether oxygens (including phenoxy) is 1. The van der Waals surface area contributed by atoms with Crippen molar-refractivity contribution in [2.75, 3.05) is 7.11 Å². The maximum absolute atomic E-state index is 12.0. The average Bonchev–Trinajstić information content (AvgIpc) is 2.47. The predicted octanol–water partition coefficient (Wildman–Crippen LogP) is 2.22. The van der Waals surface area contributed by atoms with Crippen LogP contribution in [0.3, 0.4) is 0 Å². The molecule has 0 amide bonds. The van der Waals surface area contributed by atoms with Crippen LogP contribution in [0.15, 0.2) is 57.5 Å². The van der Waals surface area contributed by atoms with E-state index in [9.17, 15) is 8.42 Å². The molecule has 0 aliphatic rings. The minimum atomic E-state index is -3.67. The minimum absolute atomic E-state index is 0.146. The molecule has 0 aliphatic carbocycles. The molecular formula is C13H14N2O3S2. The molecule has 106 valence electrons. The molecule has 1 aromatic carbocycles. The van der Waals surface area contributed by atoms with Crippen LogP contribution in [0.2, 0.25) is 0 Å². The van der Waals surface area contributed by atoms with Crippen LogP contribution in [0.4, 0.5) is 0 Å². The lowest BCUT2D eigenvalue weighted by Crippen LogP contribution is -1.95. The second kappa shape index (κ2) is 6.06. The van der Waals surface area contributed by atoms with E-state index < -0.39 is 10.0 Å². The van der Waals surface area contributed by atoms with Crippen molar-refractivity contribution in [1.82, 2.24) is 4.57 Å². The Labute approximate surface area is 121 Å². The summed E-state index contributed by atoms with van der Waals surface area (Å²) in [6.45, 7) is 0. The van der Waals surface area contributed by atoms with Gasteiger partial charge in [0.25, 0.3) is 10.0 Å². The van der Waals surface area contributed by atoms with Crippen LogP contribution in [0.1, 0.15) is 0 Å². The number of nitrogens with zero attached hydrogens (tertiary/aromatic N) is 2. The first-order chi connectivity index (χ1) is 9.51. The second-order valence-corrected chi connectivity index (χ2v) is 6.69. The van der Waals surface area contributed by atoms with Crippen LogP contribution in [-0.2, 0) is 28.2 Å². The Morgan fingerprint density at radius 1 is 1.10 bits per heavy atom.